The van der Waals surface area contributed by atoms with Gasteiger partial charge in [-0.05, 0) is 28.1 Å². The molecule has 0 aliphatic heterocycles. The molecule has 4 nitrogen and oxygen atoms in total. The molecule has 0 spiro atoms. The number of pyridine rings is 1. The zero-order valence-electron chi connectivity index (χ0n) is 9.13. The highest BCUT2D eigenvalue weighted by Gasteiger charge is 2.13. The Morgan fingerprint density at radius 1 is 1.53 bits per heavy atom. The number of nitrogens with zero attached hydrogens (tertiary/aromatic N) is 3. The molecule has 0 fully saturated rings. The zero-order chi connectivity index (χ0) is 12.3. The lowest BCUT2D eigenvalue weighted by molar-refractivity contribution is 0.0783. The molecule has 2 aromatic rings. The van der Waals surface area contributed by atoms with Crippen LogP contribution in [-0.4, -0.2) is 27.8 Å². The molecule has 0 saturated heterocycles. The SMILES string of the molecule is CN(Cc1cscn1)C(=O)c1ccnc(Br)c1. The van der Waals surface area contributed by atoms with E-state index in [1.54, 1.807) is 35.8 Å². The van der Waals surface area contributed by atoms with Crippen molar-refractivity contribution in [2.75, 3.05) is 7.05 Å². The number of halogens is 1. The van der Waals surface area contributed by atoms with Crippen LogP contribution in [-0.2, 0) is 6.54 Å². The summed E-state index contributed by atoms with van der Waals surface area (Å²) in [5.74, 6) is -0.0406. The van der Waals surface area contributed by atoms with Crippen molar-refractivity contribution >= 4 is 33.2 Å². The number of carbonyl (C=O) groups is 1. The summed E-state index contributed by atoms with van der Waals surface area (Å²) < 4.78 is 0.658. The first-order chi connectivity index (χ1) is 8.16. The van der Waals surface area contributed by atoms with Gasteiger partial charge in [0.05, 0.1) is 17.7 Å². The largest absolute Gasteiger partial charge is 0.336 e. The van der Waals surface area contributed by atoms with Crippen LogP contribution in [0.5, 0.6) is 0 Å². The fourth-order valence-electron chi connectivity index (χ4n) is 1.39. The van der Waals surface area contributed by atoms with Crippen molar-refractivity contribution in [1.82, 2.24) is 14.9 Å². The summed E-state index contributed by atoms with van der Waals surface area (Å²) >= 11 is 4.77. The van der Waals surface area contributed by atoms with Gasteiger partial charge >= 0.3 is 0 Å². The molecule has 0 aliphatic rings. The van der Waals surface area contributed by atoms with Gasteiger partial charge in [0.2, 0.25) is 0 Å². The Kier molecular flexibility index (Phi) is 3.86. The molecule has 1 amide bonds. The van der Waals surface area contributed by atoms with E-state index in [-0.39, 0.29) is 5.91 Å². The maximum absolute atomic E-state index is 12.1. The van der Waals surface area contributed by atoms with E-state index in [9.17, 15) is 4.79 Å². The second-order valence-corrected chi connectivity index (χ2v) is 5.04. The third-order valence-corrected chi connectivity index (χ3v) is 3.27. The van der Waals surface area contributed by atoms with Crippen LogP contribution < -0.4 is 0 Å². The fourth-order valence-corrected chi connectivity index (χ4v) is 2.30. The smallest absolute Gasteiger partial charge is 0.254 e. The molecular formula is C11H10BrN3OS. The van der Waals surface area contributed by atoms with E-state index in [1.807, 2.05) is 5.38 Å². The molecule has 0 radical (unpaired) electrons. The van der Waals surface area contributed by atoms with Crippen LogP contribution >= 0.6 is 27.3 Å². The van der Waals surface area contributed by atoms with Crippen LogP contribution in [0.4, 0.5) is 0 Å². The third kappa shape index (κ3) is 3.10. The monoisotopic (exact) mass is 311 g/mol. The predicted octanol–water partition coefficient (Wildman–Crippen LogP) is 2.57. The molecule has 88 valence electrons. The van der Waals surface area contributed by atoms with Crippen LogP contribution in [0.1, 0.15) is 16.1 Å². The van der Waals surface area contributed by atoms with Crippen LogP contribution in [0.25, 0.3) is 0 Å². The Morgan fingerprint density at radius 2 is 2.35 bits per heavy atom. The van der Waals surface area contributed by atoms with Gasteiger partial charge in [-0.1, -0.05) is 0 Å². The summed E-state index contributed by atoms with van der Waals surface area (Å²) in [5.41, 5.74) is 3.28. The van der Waals surface area contributed by atoms with Crippen LogP contribution in [0, 0.1) is 0 Å². The van der Waals surface area contributed by atoms with Crippen molar-refractivity contribution in [1.29, 1.82) is 0 Å². The van der Waals surface area contributed by atoms with Crippen molar-refractivity contribution in [2.24, 2.45) is 0 Å². The maximum atomic E-state index is 12.1. The normalized spacial score (nSPS) is 10.2. The number of hydrogen-bond donors (Lipinski definition) is 0. The van der Waals surface area contributed by atoms with E-state index in [0.29, 0.717) is 16.7 Å². The minimum absolute atomic E-state index is 0.0406. The Hall–Kier alpha value is -1.27. The third-order valence-electron chi connectivity index (χ3n) is 2.20. The summed E-state index contributed by atoms with van der Waals surface area (Å²) in [6.45, 7) is 0.516. The van der Waals surface area contributed by atoms with Crippen molar-refractivity contribution in [3.8, 4) is 0 Å². The molecule has 0 bridgehead atoms. The van der Waals surface area contributed by atoms with E-state index in [1.165, 1.54) is 11.3 Å². The fraction of sp³-hybridized carbons (Fsp3) is 0.182. The average molecular weight is 312 g/mol. The van der Waals surface area contributed by atoms with Crippen molar-refractivity contribution in [3.63, 3.8) is 0 Å². The highest BCUT2D eigenvalue weighted by molar-refractivity contribution is 9.10. The number of carbonyl (C=O) groups excluding carboxylic acids is 1. The minimum atomic E-state index is -0.0406. The number of rotatable bonds is 3. The topological polar surface area (TPSA) is 46.1 Å². The Morgan fingerprint density at radius 3 is 3.00 bits per heavy atom. The van der Waals surface area contributed by atoms with E-state index in [0.717, 1.165) is 5.69 Å². The molecule has 0 aliphatic carbocycles. The molecule has 0 atom stereocenters. The lowest BCUT2D eigenvalue weighted by Gasteiger charge is -2.15. The first kappa shape index (κ1) is 12.2. The molecule has 2 aromatic heterocycles. The maximum Gasteiger partial charge on any atom is 0.254 e. The minimum Gasteiger partial charge on any atom is -0.336 e. The summed E-state index contributed by atoms with van der Waals surface area (Å²) in [6.07, 6.45) is 1.61. The summed E-state index contributed by atoms with van der Waals surface area (Å²) in [5, 5.41) is 1.94. The molecular weight excluding hydrogens is 302 g/mol. The molecule has 0 aromatic carbocycles. The van der Waals surface area contributed by atoms with E-state index >= 15 is 0 Å². The highest BCUT2D eigenvalue weighted by Crippen LogP contribution is 2.12. The first-order valence-corrected chi connectivity index (χ1v) is 6.64. The Labute approximate surface area is 111 Å². The number of thiazole rings is 1. The van der Waals surface area contributed by atoms with Gasteiger partial charge in [0.15, 0.2) is 0 Å². The molecule has 17 heavy (non-hydrogen) atoms. The zero-order valence-corrected chi connectivity index (χ0v) is 11.5. The van der Waals surface area contributed by atoms with Gasteiger partial charge in [0.1, 0.15) is 4.60 Å². The summed E-state index contributed by atoms with van der Waals surface area (Å²) in [6, 6.07) is 3.41. The van der Waals surface area contributed by atoms with Gasteiger partial charge in [-0.15, -0.1) is 11.3 Å². The second kappa shape index (κ2) is 5.37. The van der Waals surface area contributed by atoms with Gasteiger partial charge < -0.3 is 4.90 Å². The number of hydrogen-bond acceptors (Lipinski definition) is 4. The van der Waals surface area contributed by atoms with Gasteiger partial charge in [-0.25, -0.2) is 9.97 Å². The van der Waals surface area contributed by atoms with Gasteiger partial charge in [0, 0.05) is 24.2 Å². The van der Waals surface area contributed by atoms with Gasteiger partial charge in [-0.3, -0.25) is 4.79 Å². The highest BCUT2D eigenvalue weighted by atomic mass is 79.9. The van der Waals surface area contributed by atoms with Gasteiger partial charge in [0.25, 0.3) is 5.91 Å². The second-order valence-electron chi connectivity index (χ2n) is 3.51. The van der Waals surface area contributed by atoms with Crippen molar-refractivity contribution < 1.29 is 4.79 Å². The number of aromatic nitrogens is 2. The van der Waals surface area contributed by atoms with E-state index < -0.39 is 0 Å². The molecule has 2 rings (SSSR count). The van der Waals surface area contributed by atoms with Crippen LogP contribution in [0.2, 0.25) is 0 Å². The summed E-state index contributed by atoms with van der Waals surface area (Å²) in [4.78, 5) is 21.9. The Bertz CT molecular complexity index is 515. The Balaban J connectivity index is 2.09. The molecule has 0 saturated carbocycles. The molecule has 0 N–H and O–H groups in total. The van der Waals surface area contributed by atoms with Crippen LogP contribution in [0.3, 0.4) is 0 Å². The van der Waals surface area contributed by atoms with Gasteiger partial charge in [-0.2, -0.15) is 0 Å². The quantitative estimate of drug-likeness (QED) is 0.818. The molecule has 2 heterocycles. The number of amides is 1. The lowest BCUT2D eigenvalue weighted by Crippen LogP contribution is -2.26. The predicted molar refractivity (Wildman–Crippen MR) is 69.8 cm³/mol. The molecule has 6 heteroatoms. The average Bonchev–Trinajstić information content (AvgIpc) is 2.80. The van der Waals surface area contributed by atoms with Crippen molar-refractivity contribution in [3.05, 3.63) is 45.1 Å². The van der Waals surface area contributed by atoms with Crippen molar-refractivity contribution in [2.45, 2.75) is 6.54 Å². The lowest BCUT2D eigenvalue weighted by atomic mass is 10.2. The van der Waals surface area contributed by atoms with E-state index in [4.69, 9.17) is 0 Å². The standard InChI is InChI=1S/C11H10BrN3OS/c1-15(5-9-6-17-7-14-9)11(16)8-2-3-13-10(12)4-8/h2-4,6-7H,5H2,1H3. The first-order valence-electron chi connectivity index (χ1n) is 4.91. The summed E-state index contributed by atoms with van der Waals surface area (Å²) in [7, 11) is 1.76. The molecule has 0 unspecified atom stereocenters. The van der Waals surface area contributed by atoms with Crippen LogP contribution in [0.15, 0.2) is 33.8 Å². The van der Waals surface area contributed by atoms with E-state index in [2.05, 4.69) is 25.9 Å².